The number of fused-ring (bicyclic) bond motifs is 5. The third-order valence-electron chi connectivity index (χ3n) is 16.2. The fraction of sp³-hybridized carbons (Fsp3) is 0.585. The lowest BCUT2D eigenvalue weighted by Gasteiger charge is -2.31. The van der Waals surface area contributed by atoms with Crippen LogP contribution in [0.2, 0.25) is 0 Å². The summed E-state index contributed by atoms with van der Waals surface area (Å²) in [6, 6.07) is 5.56. The molecule has 9 N–H and O–H groups in total. The molecule has 98 heavy (non-hydrogen) atoms. The summed E-state index contributed by atoms with van der Waals surface area (Å²) in [6.45, 7) is 11.8. The van der Waals surface area contributed by atoms with Crippen LogP contribution in [0.4, 0.5) is 19.7 Å². The Hall–Kier alpha value is -8.47. The van der Waals surface area contributed by atoms with Gasteiger partial charge in [0, 0.05) is 52.8 Å². The molecule has 3 aliphatic rings. The molecule has 536 valence electrons. The number of primary amides is 1. The van der Waals surface area contributed by atoms with E-state index in [4.69, 9.17) is 68.4 Å². The van der Waals surface area contributed by atoms with E-state index >= 15 is 4.39 Å². The number of anilines is 1. The maximum atomic E-state index is 15.5. The van der Waals surface area contributed by atoms with Gasteiger partial charge in [0.2, 0.25) is 23.6 Å². The highest BCUT2D eigenvalue weighted by Gasteiger charge is 2.46. The van der Waals surface area contributed by atoms with Gasteiger partial charge in [-0.1, -0.05) is 38.0 Å². The van der Waals surface area contributed by atoms with Crippen LogP contribution in [0.3, 0.4) is 0 Å². The number of hydrogen-bond acceptors (Lipinski definition) is 22. The van der Waals surface area contributed by atoms with Crippen LogP contribution in [0, 0.1) is 18.7 Å². The molecule has 0 bridgehead atoms. The molecule has 2 aromatic carbocycles. The summed E-state index contributed by atoms with van der Waals surface area (Å²) in [5.74, 6) is -4.30. The van der Waals surface area contributed by atoms with Gasteiger partial charge in [0.1, 0.15) is 44.3 Å². The highest BCUT2D eigenvalue weighted by atomic mass is 19.1. The molecule has 7 rings (SSSR count). The normalized spacial score (nSPS) is 15.6. The average molecular weight is 1380 g/mol. The molecule has 0 saturated heterocycles. The van der Waals surface area contributed by atoms with Crippen LogP contribution in [-0.2, 0) is 108 Å². The number of esters is 1. The second kappa shape index (κ2) is 39.8. The Labute approximate surface area is 565 Å². The quantitative estimate of drug-likeness (QED) is 0.00913. The summed E-state index contributed by atoms with van der Waals surface area (Å²) >= 11 is 0. The summed E-state index contributed by atoms with van der Waals surface area (Å²) in [6.07, 6.45) is 0.205. The molecule has 4 heterocycles. The molecule has 32 nitrogen and oxygen atoms in total. The van der Waals surface area contributed by atoms with Crippen molar-refractivity contribution in [2.45, 2.75) is 103 Å². The van der Waals surface area contributed by atoms with Gasteiger partial charge >= 0.3 is 18.1 Å². The first kappa shape index (κ1) is 76.9. The maximum Gasteiger partial charge on any atom is 0.407 e. The number of aromatic nitrogens is 2. The number of benzene rings is 2. The molecule has 0 fully saturated rings. The van der Waals surface area contributed by atoms with Crippen molar-refractivity contribution in [3.63, 3.8) is 0 Å². The van der Waals surface area contributed by atoms with Crippen molar-refractivity contribution in [1.82, 2.24) is 36.1 Å². The number of ether oxygens (including phenoxy) is 11. The van der Waals surface area contributed by atoms with E-state index in [2.05, 4.69) is 41.9 Å². The molecule has 1 aliphatic carbocycles. The van der Waals surface area contributed by atoms with Crippen molar-refractivity contribution >= 4 is 58.3 Å². The van der Waals surface area contributed by atoms with Crippen LogP contribution >= 0.6 is 0 Å². The highest BCUT2D eigenvalue weighted by Crippen LogP contribution is 2.46. The van der Waals surface area contributed by atoms with Gasteiger partial charge in [-0.15, -0.1) is 0 Å². The van der Waals surface area contributed by atoms with Crippen molar-refractivity contribution < 1.29 is 95.2 Å². The molecule has 4 atom stereocenters. The molecule has 0 spiro atoms. The van der Waals surface area contributed by atoms with Gasteiger partial charge < -0.3 is 99.4 Å². The number of rotatable bonds is 45. The number of alkyl carbamates (subject to hydrolysis) is 1. The topological polar surface area (TPSA) is 423 Å². The minimum absolute atomic E-state index is 0.0483. The number of amides is 7. The van der Waals surface area contributed by atoms with Crippen molar-refractivity contribution in [1.29, 1.82) is 0 Å². The fourth-order valence-electron chi connectivity index (χ4n) is 11.1. The fourth-order valence-corrected chi connectivity index (χ4v) is 11.1. The Morgan fingerprint density at radius 2 is 1.39 bits per heavy atom. The Kier molecular flexibility index (Phi) is 31.2. The molecule has 33 heteroatoms. The summed E-state index contributed by atoms with van der Waals surface area (Å²) < 4.78 is 76.7. The second-order valence-electron chi connectivity index (χ2n) is 23.3. The van der Waals surface area contributed by atoms with E-state index in [0.717, 1.165) is 5.56 Å². The Morgan fingerprint density at radius 3 is 1.98 bits per heavy atom. The van der Waals surface area contributed by atoms with Crippen LogP contribution in [0.15, 0.2) is 46.3 Å². The van der Waals surface area contributed by atoms with Crippen LogP contribution in [0.1, 0.15) is 91.4 Å². The third kappa shape index (κ3) is 22.5. The Morgan fingerprint density at radius 1 is 0.786 bits per heavy atom. The molecule has 2 aromatic heterocycles. The molecule has 2 aliphatic heterocycles. The number of carbonyl (C=O) groups is 7. The van der Waals surface area contributed by atoms with E-state index < -0.39 is 96.0 Å². The number of urea groups is 1. The van der Waals surface area contributed by atoms with Gasteiger partial charge in [0.25, 0.3) is 5.56 Å². The van der Waals surface area contributed by atoms with Crippen molar-refractivity contribution in [2.75, 3.05) is 144 Å². The van der Waals surface area contributed by atoms with Crippen LogP contribution < -0.4 is 43.2 Å². The maximum absolute atomic E-state index is 15.5. The molecule has 0 saturated carbocycles. The summed E-state index contributed by atoms with van der Waals surface area (Å²) in [5.41, 5.74) is 15.5. The number of carbonyl (C=O) groups excluding carboxylic acids is 7. The number of azide groups is 1. The van der Waals surface area contributed by atoms with Crippen LogP contribution in [0.5, 0.6) is 0 Å². The summed E-state index contributed by atoms with van der Waals surface area (Å²) in [4.78, 5) is 113. The number of cyclic esters (lactones) is 1. The number of aryl methyl sites for hydroxylation is 1. The highest BCUT2D eigenvalue weighted by molar-refractivity contribution is 5.99. The predicted octanol–water partition coefficient (Wildman–Crippen LogP) is 3.03. The number of nitrogens with one attached hydrogen (secondary N) is 6. The smallest absolute Gasteiger partial charge is 0.407 e. The number of nitrogens with zero attached hydrogens (tertiary/aromatic N) is 5. The first-order valence-corrected chi connectivity index (χ1v) is 32.6. The molecule has 0 radical (unpaired) electrons. The van der Waals surface area contributed by atoms with Gasteiger partial charge in [-0.3, -0.25) is 24.0 Å². The number of hydrogen-bond donors (Lipinski definition) is 8. The lowest BCUT2D eigenvalue weighted by atomic mass is 9.81. The van der Waals surface area contributed by atoms with E-state index in [1.165, 1.54) is 10.6 Å². The SMILES string of the molecule is CC[C@@]1(O)C(=O)OCc2c1cc1n(c2=O)Cc2c-1nc1cc(F)c(C)c3c1c2C(NC(=O)OCc1ccc(NC(=O)[C@H](CCCNC(N)=O)NC(=O)[C@@H](NC(=O)COCC(=O)NCCOCCOCCOCCOCCOCCOCCOCCOCCN=[N+]=[N-])C(C)C)cc1)CC3. The van der Waals surface area contributed by atoms with E-state index in [1.54, 1.807) is 58.0 Å². The molecular formula is C65H89FN12O20. The van der Waals surface area contributed by atoms with E-state index in [0.29, 0.717) is 162 Å². The van der Waals surface area contributed by atoms with Crippen LogP contribution in [-0.4, -0.2) is 207 Å². The molecule has 4 aromatic rings. The molecule has 7 amide bonds. The van der Waals surface area contributed by atoms with Gasteiger partial charge in [0.15, 0.2) is 5.60 Å². The lowest BCUT2D eigenvalue weighted by molar-refractivity contribution is -0.172. The summed E-state index contributed by atoms with van der Waals surface area (Å²) in [5, 5.41) is 31.6. The number of aliphatic hydroxyl groups is 1. The van der Waals surface area contributed by atoms with Crippen LogP contribution in [0.25, 0.3) is 32.7 Å². The summed E-state index contributed by atoms with van der Waals surface area (Å²) in [7, 11) is 0. The van der Waals surface area contributed by atoms with Crippen molar-refractivity contribution in [2.24, 2.45) is 16.8 Å². The minimum atomic E-state index is -2.06. The second-order valence-corrected chi connectivity index (χ2v) is 23.3. The first-order chi connectivity index (χ1) is 47.3. The van der Waals surface area contributed by atoms with Gasteiger partial charge in [-0.25, -0.2) is 23.8 Å². The molecular weight excluding hydrogens is 1290 g/mol. The number of nitrogens with two attached hydrogens (primary N) is 1. The first-order valence-electron chi connectivity index (χ1n) is 32.6. The Bertz CT molecular complexity index is 3480. The van der Waals surface area contributed by atoms with Gasteiger partial charge in [-0.2, -0.15) is 0 Å². The van der Waals surface area contributed by atoms with E-state index in [9.17, 15) is 43.5 Å². The van der Waals surface area contributed by atoms with E-state index in [1.807, 2.05) is 0 Å². The zero-order chi connectivity index (χ0) is 70.4. The van der Waals surface area contributed by atoms with Gasteiger partial charge in [0.05, 0.1) is 141 Å². The zero-order valence-electron chi connectivity index (χ0n) is 55.7. The third-order valence-corrected chi connectivity index (χ3v) is 16.2. The van der Waals surface area contributed by atoms with E-state index in [-0.39, 0.29) is 76.5 Å². The molecule has 1 unspecified atom stereocenters. The predicted molar refractivity (Wildman–Crippen MR) is 349 cm³/mol. The standard InChI is InChI=1S/C65H89FN12O20/c1-5-65(87)47-33-52-58-45(35-78(52)61(83)46(47)37-97-62(65)84)56-49(13-12-44-41(4)48(66)34-51(73-58)55(44)56)75-64(86)98-36-42-8-10-43(11-9-42)72-59(81)50(7-6-14-70-63(67)85)74-60(82)57(40(2)3)76-54(80)39-96-38-53(79)69-15-17-88-19-21-90-23-25-92-27-29-94-31-32-95-30-28-93-26-24-91-22-20-89-18-16-71-77-68/h8-11,33-34,40,49-50,57,87H,5-7,12-32,35-39H2,1-4H3,(H,69,79)(H,72,81)(H,74,82)(H,75,86)(H,76,80)(H3,67,70,85)/t49?,50-,57-,65-/m0/s1. The van der Waals surface area contributed by atoms with Crippen molar-refractivity contribution in [3.8, 4) is 11.4 Å². The number of halogens is 1. The average Bonchev–Trinajstić information content (AvgIpc) is 1.50. The van der Waals surface area contributed by atoms with Gasteiger partial charge in [-0.05, 0) is 90.9 Å². The number of pyridine rings is 2. The Balaban J connectivity index is 0.774. The monoisotopic (exact) mass is 1380 g/mol. The largest absolute Gasteiger partial charge is 0.458 e. The lowest BCUT2D eigenvalue weighted by Crippen LogP contribution is -2.55. The zero-order valence-corrected chi connectivity index (χ0v) is 55.7. The minimum Gasteiger partial charge on any atom is -0.458 e. The van der Waals surface area contributed by atoms with Crippen molar-refractivity contribution in [3.05, 3.63) is 102 Å².